The van der Waals surface area contributed by atoms with Crippen LogP contribution in [0.15, 0.2) is 42.6 Å². The van der Waals surface area contributed by atoms with Crippen LogP contribution in [0.2, 0.25) is 0 Å². The van der Waals surface area contributed by atoms with Crippen LogP contribution in [-0.2, 0) is 9.59 Å². The van der Waals surface area contributed by atoms with E-state index in [2.05, 4.69) is 15.3 Å². The van der Waals surface area contributed by atoms with Crippen molar-refractivity contribution in [3.63, 3.8) is 0 Å². The van der Waals surface area contributed by atoms with Crippen molar-refractivity contribution in [3.8, 4) is 5.75 Å². The summed E-state index contributed by atoms with van der Waals surface area (Å²) < 4.78 is 7.50. The third-order valence-electron chi connectivity index (χ3n) is 6.25. The minimum Gasteiger partial charge on any atom is -0.493 e. The number of piperidine rings is 2. The van der Waals surface area contributed by atoms with Crippen molar-refractivity contribution in [2.75, 3.05) is 44.6 Å². The van der Waals surface area contributed by atoms with E-state index in [1.165, 1.54) is 19.3 Å². The van der Waals surface area contributed by atoms with Crippen molar-refractivity contribution < 1.29 is 14.3 Å². The number of aromatic nitrogens is 2. The number of nitrogens with zero attached hydrogens (tertiary/aromatic N) is 4. The molecule has 2 fully saturated rings. The van der Waals surface area contributed by atoms with Crippen molar-refractivity contribution in [3.05, 3.63) is 42.6 Å². The molecular formula is C24H33N5O3. The van der Waals surface area contributed by atoms with Gasteiger partial charge in [-0.05, 0) is 50.9 Å². The second-order valence-electron chi connectivity index (χ2n) is 8.57. The number of ether oxygens (including phenoxy) is 1. The smallest absolute Gasteiger partial charge is 0.236 e. The van der Waals surface area contributed by atoms with Crippen LogP contribution in [0.25, 0.3) is 0 Å². The molecule has 0 bridgehead atoms. The first-order valence-electron chi connectivity index (χ1n) is 11.7. The molecule has 0 radical (unpaired) electrons. The molecule has 2 amide bonds. The molecule has 2 aliphatic heterocycles. The van der Waals surface area contributed by atoms with Crippen LogP contribution in [0.3, 0.4) is 0 Å². The standard InChI is InChI=1S/C24H33N5O3/c30-23(12-18-32-21-7-3-1-4-8-21)26-22-9-13-25-29(22)20-10-16-28(17-11-20)24(31)19-27-14-5-2-6-15-27/h1,3-4,7-9,13,20H,2,5-6,10-12,14-19H2,(H,26,30). The Morgan fingerprint density at radius 1 is 1.00 bits per heavy atom. The van der Waals surface area contributed by atoms with Crippen LogP contribution in [0.1, 0.15) is 44.6 Å². The lowest BCUT2D eigenvalue weighted by atomic mass is 10.0. The highest BCUT2D eigenvalue weighted by Crippen LogP contribution is 2.26. The maximum Gasteiger partial charge on any atom is 0.236 e. The summed E-state index contributed by atoms with van der Waals surface area (Å²) >= 11 is 0. The average Bonchev–Trinajstić information content (AvgIpc) is 3.28. The van der Waals surface area contributed by atoms with Crippen LogP contribution < -0.4 is 10.1 Å². The number of hydrogen-bond donors (Lipinski definition) is 1. The molecule has 0 aliphatic carbocycles. The SMILES string of the molecule is O=C(CCOc1ccccc1)Nc1ccnn1C1CCN(C(=O)CN2CCCCC2)CC1. The van der Waals surface area contributed by atoms with E-state index < -0.39 is 0 Å². The Bertz CT molecular complexity index is 871. The molecule has 8 heteroatoms. The van der Waals surface area contributed by atoms with Crippen molar-refractivity contribution in [1.82, 2.24) is 19.6 Å². The van der Waals surface area contributed by atoms with E-state index in [0.717, 1.165) is 44.8 Å². The van der Waals surface area contributed by atoms with Gasteiger partial charge in [-0.2, -0.15) is 5.10 Å². The fourth-order valence-corrected chi connectivity index (χ4v) is 4.46. The van der Waals surface area contributed by atoms with Gasteiger partial charge in [0.15, 0.2) is 0 Å². The number of nitrogens with one attached hydrogen (secondary N) is 1. The number of benzene rings is 1. The Hall–Kier alpha value is -2.87. The van der Waals surface area contributed by atoms with Gasteiger partial charge in [0.1, 0.15) is 11.6 Å². The highest BCUT2D eigenvalue weighted by Gasteiger charge is 2.27. The van der Waals surface area contributed by atoms with Gasteiger partial charge in [0.05, 0.1) is 31.8 Å². The second kappa shape index (κ2) is 11.1. The van der Waals surface area contributed by atoms with E-state index in [1.54, 1.807) is 6.20 Å². The monoisotopic (exact) mass is 439 g/mol. The molecule has 2 saturated heterocycles. The van der Waals surface area contributed by atoms with Crippen LogP contribution in [-0.4, -0.2) is 70.7 Å². The number of likely N-dealkylation sites (tertiary alicyclic amines) is 2. The van der Waals surface area contributed by atoms with Gasteiger partial charge in [0, 0.05) is 19.2 Å². The van der Waals surface area contributed by atoms with Gasteiger partial charge in [-0.25, -0.2) is 4.68 Å². The summed E-state index contributed by atoms with van der Waals surface area (Å²) in [7, 11) is 0. The normalized spacial score (nSPS) is 17.8. The molecule has 2 aliphatic rings. The molecule has 8 nitrogen and oxygen atoms in total. The molecule has 2 aromatic rings. The molecule has 0 unspecified atom stereocenters. The van der Waals surface area contributed by atoms with E-state index in [0.29, 0.717) is 19.0 Å². The minimum absolute atomic E-state index is 0.100. The summed E-state index contributed by atoms with van der Waals surface area (Å²) in [5.74, 6) is 1.59. The van der Waals surface area contributed by atoms with E-state index in [1.807, 2.05) is 46.0 Å². The van der Waals surface area contributed by atoms with Crippen LogP contribution in [0.4, 0.5) is 5.82 Å². The van der Waals surface area contributed by atoms with E-state index in [-0.39, 0.29) is 24.3 Å². The van der Waals surface area contributed by atoms with Crippen LogP contribution in [0, 0.1) is 0 Å². The zero-order valence-electron chi connectivity index (χ0n) is 18.6. The van der Waals surface area contributed by atoms with E-state index in [4.69, 9.17) is 4.74 Å². The molecule has 0 atom stereocenters. The fourth-order valence-electron chi connectivity index (χ4n) is 4.46. The number of hydrogen-bond acceptors (Lipinski definition) is 5. The zero-order chi connectivity index (χ0) is 22.2. The van der Waals surface area contributed by atoms with Gasteiger partial charge in [-0.3, -0.25) is 14.5 Å². The molecule has 1 N–H and O–H groups in total. The molecule has 1 aromatic carbocycles. The maximum atomic E-state index is 12.7. The number of amides is 2. The van der Waals surface area contributed by atoms with Crippen LogP contribution in [0.5, 0.6) is 5.75 Å². The maximum absolute atomic E-state index is 12.7. The van der Waals surface area contributed by atoms with Gasteiger partial charge in [-0.1, -0.05) is 24.6 Å². The summed E-state index contributed by atoms with van der Waals surface area (Å²) in [6.45, 7) is 4.40. The minimum atomic E-state index is -0.100. The summed E-state index contributed by atoms with van der Waals surface area (Å²) in [5.41, 5.74) is 0. The van der Waals surface area contributed by atoms with Crippen LogP contribution >= 0.6 is 0 Å². The number of anilines is 1. The number of carbonyl (C=O) groups is 2. The van der Waals surface area contributed by atoms with E-state index in [9.17, 15) is 9.59 Å². The van der Waals surface area contributed by atoms with Gasteiger partial charge < -0.3 is 15.0 Å². The predicted octanol–water partition coefficient (Wildman–Crippen LogP) is 2.94. The van der Waals surface area contributed by atoms with Crippen molar-refractivity contribution >= 4 is 17.6 Å². The molecule has 1 aromatic heterocycles. The molecule has 0 spiro atoms. The Morgan fingerprint density at radius 2 is 1.75 bits per heavy atom. The lowest BCUT2D eigenvalue weighted by molar-refractivity contribution is -0.134. The van der Waals surface area contributed by atoms with Gasteiger partial charge in [0.25, 0.3) is 0 Å². The Balaban J connectivity index is 1.22. The topological polar surface area (TPSA) is 79.7 Å². The lowest BCUT2D eigenvalue weighted by Gasteiger charge is -2.34. The van der Waals surface area contributed by atoms with E-state index >= 15 is 0 Å². The first kappa shape index (κ1) is 22.3. The second-order valence-corrected chi connectivity index (χ2v) is 8.57. The summed E-state index contributed by atoms with van der Waals surface area (Å²) in [6.07, 6.45) is 7.33. The lowest BCUT2D eigenvalue weighted by Crippen LogP contribution is -2.45. The number of carbonyl (C=O) groups excluding carboxylic acids is 2. The van der Waals surface area contributed by atoms with Gasteiger partial charge in [0.2, 0.25) is 11.8 Å². The number of rotatable bonds is 8. The quantitative estimate of drug-likeness (QED) is 0.684. The molecule has 172 valence electrons. The predicted molar refractivity (Wildman–Crippen MR) is 123 cm³/mol. The fraction of sp³-hybridized carbons (Fsp3) is 0.542. The summed E-state index contributed by atoms with van der Waals surface area (Å²) in [6, 6.07) is 11.5. The zero-order valence-corrected chi connectivity index (χ0v) is 18.6. The Labute approximate surface area is 189 Å². The summed E-state index contributed by atoms with van der Waals surface area (Å²) in [5, 5.41) is 7.40. The van der Waals surface area contributed by atoms with Gasteiger partial charge in [-0.15, -0.1) is 0 Å². The Morgan fingerprint density at radius 3 is 2.50 bits per heavy atom. The first-order valence-corrected chi connectivity index (χ1v) is 11.7. The Kier molecular flexibility index (Phi) is 7.77. The van der Waals surface area contributed by atoms with Crippen molar-refractivity contribution in [2.45, 2.75) is 44.6 Å². The van der Waals surface area contributed by atoms with Crippen molar-refractivity contribution in [2.24, 2.45) is 0 Å². The van der Waals surface area contributed by atoms with Crippen molar-refractivity contribution in [1.29, 1.82) is 0 Å². The molecule has 0 saturated carbocycles. The molecule has 3 heterocycles. The third-order valence-corrected chi connectivity index (χ3v) is 6.25. The first-order chi connectivity index (χ1) is 15.7. The molecule has 32 heavy (non-hydrogen) atoms. The third kappa shape index (κ3) is 6.09. The highest BCUT2D eigenvalue weighted by molar-refractivity contribution is 5.89. The number of para-hydroxylation sites is 1. The average molecular weight is 440 g/mol. The molecular weight excluding hydrogens is 406 g/mol. The summed E-state index contributed by atoms with van der Waals surface area (Å²) in [4.78, 5) is 29.3. The molecule has 4 rings (SSSR count). The van der Waals surface area contributed by atoms with Gasteiger partial charge >= 0.3 is 0 Å². The largest absolute Gasteiger partial charge is 0.493 e. The highest BCUT2D eigenvalue weighted by atomic mass is 16.5.